The molecule has 1 aliphatic heterocycles. The van der Waals surface area contributed by atoms with Crippen LogP contribution < -0.4 is 5.32 Å². The molecule has 2 amide bonds. The molecule has 1 heterocycles. The summed E-state index contributed by atoms with van der Waals surface area (Å²) in [5.41, 5.74) is 1.03. The molecule has 2 rings (SSSR count). The third kappa shape index (κ3) is 6.12. The van der Waals surface area contributed by atoms with E-state index < -0.39 is 12.5 Å². The van der Waals surface area contributed by atoms with Crippen LogP contribution in [0.1, 0.15) is 18.4 Å². The van der Waals surface area contributed by atoms with Crippen LogP contribution in [0.15, 0.2) is 47.4 Å². The van der Waals surface area contributed by atoms with Crippen LogP contribution in [0, 0.1) is 0 Å². The molecule has 0 saturated carbocycles. The Morgan fingerprint density at radius 1 is 1.27 bits per heavy atom. The number of nitrogens with zero attached hydrogens (tertiary/aromatic N) is 1. The largest absolute Gasteiger partial charge is 0.480 e. The first kappa shape index (κ1) is 19.9. The van der Waals surface area contributed by atoms with Gasteiger partial charge in [0.2, 0.25) is 5.91 Å². The van der Waals surface area contributed by atoms with Gasteiger partial charge in [-0.3, -0.25) is 19.3 Å². The van der Waals surface area contributed by atoms with Gasteiger partial charge in [-0.1, -0.05) is 66.5 Å². The molecule has 1 aliphatic rings. The molecule has 0 unspecified atom stereocenters. The average molecular weight is 390 g/mol. The van der Waals surface area contributed by atoms with Gasteiger partial charge < -0.3 is 10.4 Å². The highest BCUT2D eigenvalue weighted by molar-refractivity contribution is 8.26. The van der Waals surface area contributed by atoms with E-state index in [0.717, 1.165) is 5.56 Å². The van der Waals surface area contributed by atoms with Crippen molar-refractivity contribution < 1.29 is 19.5 Å². The molecule has 0 atom stereocenters. The zero-order chi connectivity index (χ0) is 18.9. The van der Waals surface area contributed by atoms with E-state index in [4.69, 9.17) is 17.3 Å². The molecule has 2 N–H and O–H groups in total. The van der Waals surface area contributed by atoms with Gasteiger partial charge in [-0.25, -0.2) is 0 Å². The normalized spacial score (nSPS) is 15.8. The van der Waals surface area contributed by atoms with Crippen LogP contribution in [0.3, 0.4) is 0 Å². The number of aliphatic carboxylic acids is 1. The first-order chi connectivity index (χ1) is 12.5. The molecule has 0 aromatic heterocycles. The number of carbonyl (C=O) groups is 3. The van der Waals surface area contributed by atoms with Crippen LogP contribution in [-0.2, 0) is 14.4 Å². The van der Waals surface area contributed by atoms with Gasteiger partial charge >= 0.3 is 5.97 Å². The lowest BCUT2D eigenvalue weighted by atomic mass is 10.2. The standard InChI is InChI=1S/C18H18N2O4S2/c21-15(19-12-16(22)23)10-5-11-20-17(24)14(26-18(20)25)9-4-8-13-6-2-1-3-7-13/h1-4,6-9H,5,10-12H2,(H,19,21)(H,22,23)/b8-4+,14-9-. The summed E-state index contributed by atoms with van der Waals surface area (Å²) in [6.07, 6.45) is 5.98. The summed E-state index contributed by atoms with van der Waals surface area (Å²) in [5, 5.41) is 10.8. The first-order valence-electron chi connectivity index (χ1n) is 7.93. The molecule has 136 valence electrons. The molecule has 1 aromatic carbocycles. The molecule has 1 fully saturated rings. The molecule has 0 radical (unpaired) electrons. The fraction of sp³-hybridized carbons (Fsp3) is 0.222. The molecule has 0 aliphatic carbocycles. The summed E-state index contributed by atoms with van der Waals surface area (Å²) in [7, 11) is 0. The lowest BCUT2D eigenvalue weighted by Gasteiger charge is -2.13. The van der Waals surface area contributed by atoms with Crippen molar-refractivity contribution in [3.63, 3.8) is 0 Å². The van der Waals surface area contributed by atoms with Gasteiger partial charge in [0.15, 0.2) is 0 Å². The summed E-state index contributed by atoms with van der Waals surface area (Å²) in [5.74, 6) is -1.63. The summed E-state index contributed by atoms with van der Waals surface area (Å²) < 4.78 is 0.459. The number of hydrogen-bond acceptors (Lipinski definition) is 5. The number of carboxylic acids is 1. The number of allylic oxidation sites excluding steroid dienone is 2. The lowest BCUT2D eigenvalue weighted by Crippen LogP contribution is -2.32. The fourth-order valence-electron chi connectivity index (χ4n) is 2.18. The van der Waals surface area contributed by atoms with E-state index >= 15 is 0 Å². The van der Waals surface area contributed by atoms with Gasteiger partial charge in [-0.15, -0.1) is 0 Å². The van der Waals surface area contributed by atoms with Crippen molar-refractivity contribution >= 4 is 52.2 Å². The lowest BCUT2D eigenvalue weighted by molar-refractivity contribution is -0.137. The molecule has 6 nitrogen and oxygen atoms in total. The number of carbonyl (C=O) groups excluding carboxylic acids is 2. The van der Waals surface area contributed by atoms with Crippen LogP contribution in [0.4, 0.5) is 0 Å². The Morgan fingerprint density at radius 3 is 2.69 bits per heavy atom. The predicted octanol–water partition coefficient (Wildman–Crippen LogP) is 2.42. The second-order valence-electron chi connectivity index (χ2n) is 5.40. The quantitative estimate of drug-likeness (QED) is 0.524. The van der Waals surface area contributed by atoms with Gasteiger partial charge in [0.25, 0.3) is 5.91 Å². The highest BCUT2D eigenvalue weighted by atomic mass is 32.2. The average Bonchev–Trinajstić information content (AvgIpc) is 2.88. The summed E-state index contributed by atoms with van der Waals surface area (Å²) in [4.78, 5) is 36.3. The summed E-state index contributed by atoms with van der Waals surface area (Å²) >= 11 is 6.46. The van der Waals surface area contributed by atoms with Gasteiger partial charge in [-0.05, 0) is 18.1 Å². The molecule has 26 heavy (non-hydrogen) atoms. The minimum Gasteiger partial charge on any atom is -0.480 e. The van der Waals surface area contributed by atoms with Gasteiger partial charge in [0.1, 0.15) is 10.9 Å². The summed E-state index contributed by atoms with van der Waals surface area (Å²) in [6, 6.07) is 9.73. The van der Waals surface area contributed by atoms with Crippen LogP contribution in [0.25, 0.3) is 6.08 Å². The van der Waals surface area contributed by atoms with Crippen molar-refractivity contribution in [2.24, 2.45) is 0 Å². The number of carboxylic acid groups (broad SMARTS) is 1. The Kier molecular flexibility index (Phi) is 7.55. The van der Waals surface area contributed by atoms with E-state index in [-0.39, 0.29) is 18.2 Å². The third-order valence-electron chi connectivity index (χ3n) is 3.43. The van der Waals surface area contributed by atoms with Crippen LogP contribution in [0.5, 0.6) is 0 Å². The van der Waals surface area contributed by atoms with Crippen molar-refractivity contribution in [3.05, 3.63) is 53.0 Å². The smallest absolute Gasteiger partial charge is 0.322 e. The SMILES string of the molecule is O=C(O)CNC(=O)CCCN1C(=O)/C(=C/C=C/c2ccccc2)SC1=S. The van der Waals surface area contributed by atoms with E-state index in [1.807, 2.05) is 36.4 Å². The summed E-state index contributed by atoms with van der Waals surface area (Å²) in [6.45, 7) is -0.0821. The fourth-order valence-corrected chi connectivity index (χ4v) is 3.44. The van der Waals surface area contributed by atoms with E-state index in [0.29, 0.717) is 22.2 Å². The predicted molar refractivity (Wildman–Crippen MR) is 105 cm³/mol. The topological polar surface area (TPSA) is 86.7 Å². The van der Waals surface area contributed by atoms with E-state index in [1.54, 1.807) is 12.2 Å². The van der Waals surface area contributed by atoms with Crippen LogP contribution in [-0.4, -0.2) is 45.2 Å². The molecule has 0 bridgehead atoms. The maximum Gasteiger partial charge on any atom is 0.322 e. The molecule has 8 heteroatoms. The van der Waals surface area contributed by atoms with Crippen molar-refractivity contribution in [1.29, 1.82) is 0 Å². The Hall–Kier alpha value is -2.45. The zero-order valence-electron chi connectivity index (χ0n) is 13.9. The first-order valence-corrected chi connectivity index (χ1v) is 9.15. The monoisotopic (exact) mass is 390 g/mol. The number of nitrogens with one attached hydrogen (secondary N) is 1. The second kappa shape index (κ2) is 9.88. The van der Waals surface area contributed by atoms with Crippen molar-refractivity contribution in [2.45, 2.75) is 12.8 Å². The van der Waals surface area contributed by atoms with Gasteiger partial charge in [0, 0.05) is 13.0 Å². The number of rotatable bonds is 8. The zero-order valence-corrected chi connectivity index (χ0v) is 15.5. The Labute approximate surface area is 160 Å². The van der Waals surface area contributed by atoms with E-state index in [9.17, 15) is 14.4 Å². The Bertz CT molecular complexity index is 760. The highest BCUT2D eigenvalue weighted by Gasteiger charge is 2.31. The number of thioether (sulfide) groups is 1. The number of benzene rings is 1. The van der Waals surface area contributed by atoms with Crippen molar-refractivity contribution in [3.8, 4) is 0 Å². The molecular formula is C18H18N2O4S2. The molecule has 1 saturated heterocycles. The Morgan fingerprint density at radius 2 is 2.00 bits per heavy atom. The third-order valence-corrected chi connectivity index (χ3v) is 4.83. The molecule has 1 aromatic rings. The second-order valence-corrected chi connectivity index (χ2v) is 7.08. The minimum atomic E-state index is -1.09. The van der Waals surface area contributed by atoms with Crippen molar-refractivity contribution in [2.75, 3.05) is 13.1 Å². The van der Waals surface area contributed by atoms with E-state index in [1.165, 1.54) is 16.7 Å². The minimum absolute atomic E-state index is 0.136. The number of thiocarbonyl (C=S) groups is 1. The molecule has 0 spiro atoms. The number of hydrogen-bond donors (Lipinski definition) is 2. The van der Waals surface area contributed by atoms with Crippen LogP contribution in [0.2, 0.25) is 0 Å². The Balaban J connectivity index is 1.84. The van der Waals surface area contributed by atoms with Gasteiger partial charge in [-0.2, -0.15) is 0 Å². The van der Waals surface area contributed by atoms with Gasteiger partial charge in [0.05, 0.1) is 4.91 Å². The maximum atomic E-state index is 12.4. The van der Waals surface area contributed by atoms with Crippen LogP contribution >= 0.6 is 24.0 Å². The maximum absolute atomic E-state index is 12.4. The van der Waals surface area contributed by atoms with Crippen molar-refractivity contribution in [1.82, 2.24) is 10.2 Å². The van der Waals surface area contributed by atoms with E-state index in [2.05, 4.69) is 5.32 Å². The number of amides is 2. The molecular weight excluding hydrogens is 372 g/mol. The highest BCUT2D eigenvalue weighted by Crippen LogP contribution is 2.31.